The average molecular weight is 297 g/mol. The van der Waals surface area contributed by atoms with Gasteiger partial charge >= 0.3 is 0 Å². The van der Waals surface area contributed by atoms with E-state index in [0.29, 0.717) is 12.6 Å². The van der Waals surface area contributed by atoms with Crippen LogP contribution in [-0.4, -0.2) is 43.3 Å². The molecule has 1 aromatic rings. The van der Waals surface area contributed by atoms with Crippen molar-refractivity contribution in [1.82, 2.24) is 4.90 Å². The topological polar surface area (TPSA) is 38.5 Å². The number of ether oxygens (including phenoxy) is 1. The molecule has 1 aromatic carbocycles. The summed E-state index contributed by atoms with van der Waals surface area (Å²) in [7, 11) is 1.80. The fraction of sp³-hybridized carbons (Fsp3) is 0.625. The average Bonchev–Trinajstić information content (AvgIpc) is 2.49. The number of nitrogens with two attached hydrogens (primary N) is 1. The molecule has 0 amide bonds. The molecule has 20 heavy (non-hydrogen) atoms. The van der Waals surface area contributed by atoms with E-state index in [1.54, 1.807) is 7.11 Å². The molecule has 1 aliphatic rings. The largest absolute Gasteiger partial charge is 0.381 e. The van der Waals surface area contributed by atoms with Gasteiger partial charge in [-0.2, -0.15) is 0 Å². The van der Waals surface area contributed by atoms with Gasteiger partial charge in [-0.05, 0) is 43.9 Å². The van der Waals surface area contributed by atoms with Crippen LogP contribution >= 0.6 is 11.6 Å². The van der Waals surface area contributed by atoms with Gasteiger partial charge in [-0.15, -0.1) is 0 Å². The van der Waals surface area contributed by atoms with Crippen molar-refractivity contribution in [1.29, 1.82) is 0 Å². The minimum atomic E-state index is 0.00649. The standard InChI is InChI=1S/C16H25ClN2O/c1-16(12-18,11-13-3-5-14(17)6-4-13)19-9-7-15(20-2)8-10-19/h3-6,15H,7-12,18H2,1-2H3. The Bertz CT molecular complexity index is 415. The molecular weight excluding hydrogens is 272 g/mol. The van der Waals surface area contributed by atoms with E-state index >= 15 is 0 Å². The first kappa shape index (κ1) is 15.8. The quantitative estimate of drug-likeness (QED) is 0.908. The Labute approximate surface area is 127 Å². The van der Waals surface area contributed by atoms with E-state index in [4.69, 9.17) is 22.1 Å². The second kappa shape index (κ2) is 6.90. The van der Waals surface area contributed by atoms with Crippen molar-refractivity contribution in [2.75, 3.05) is 26.7 Å². The monoisotopic (exact) mass is 296 g/mol. The minimum Gasteiger partial charge on any atom is -0.381 e. The fourth-order valence-electron chi connectivity index (χ4n) is 2.99. The van der Waals surface area contributed by atoms with Gasteiger partial charge in [0, 0.05) is 37.3 Å². The SMILES string of the molecule is COC1CCN(C(C)(CN)Cc2ccc(Cl)cc2)CC1. The molecule has 1 unspecified atom stereocenters. The highest BCUT2D eigenvalue weighted by Crippen LogP contribution is 2.25. The number of likely N-dealkylation sites (tertiary alicyclic amines) is 1. The van der Waals surface area contributed by atoms with Crippen LogP contribution in [-0.2, 0) is 11.2 Å². The van der Waals surface area contributed by atoms with Gasteiger partial charge in [0.2, 0.25) is 0 Å². The van der Waals surface area contributed by atoms with Crippen LogP contribution in [0.4, 0.5) is 0 Å². The molecule has 1 heterocycles. The van der Waals surface area contributed by atoms with Crippen molar-refractivity contribution in [3.8, 4) is 0 Å². The van der Waals surface area contributed by atoms with Crippen LogP contribution < -0.4 is 5.73 Å². The molecule has 0 radical (unpaired) electrons. The Kier molecular flexibility index (Phi) is 5.44. The van der Waals surface area contributed by atoms with Crippen molar-refractivity contribution in [2.45, 2.75) is 37.8 Å². The molecule has 3 nitrogen and oxygen atoms in total. The first-order valence-corrected chi connectivity index (χ1v) is 7.67. The lowest BCUT2D eigenvalue weighted by Gasteiger charge is -2.44. The van der Waals surface area contributed by atoms with Crippen molar-refractivity contribution in [3.63, 3.8) is 0 Å². The van der Waals surface area contributed by atoms with Gasteiger partial charge in [0.05, 0.1) is 6.10 Å². The normalized spacial score (nSPS) is 20.8. The maximum atomic E-state index is 6.08. The first-order valence-electron chi connectivity index (χ1n) is 7.30. The van der Waals surface area contributed by atoms with Gasteiger partial charge in [-0.1, -0.05) is 23.7 Å². The van der Waals surface area contributed by atoms with E-state index in [-0.39, 0.29) is 5.54 Å². The van der Waals surface area contributed by atoms with Crippen LogP contribution in [0.1, 0.15) is 25.3 Å². The van der Waals surface area contributed by atoms with Crippen molar-refractivity contribution in [2.24, 2.45) is 5.73 Å². The Morgan fingerprint density at radius 1 is 1.30 bits per heavy atom. The highest BCUT2D eigenvalue weighted by atomic mass is 35.5. The van der Waals surface area contributed by atoms with Crippen LogP contribution in [0.3, 0.4) is 0 Å². The number of nitrogens with zero attached hydrogens (tertiary/aromatic N) is 1. The summed E-state index contributed by atoms with van der Waals surface area (Å²) in [6.07, 6.45) is 3.54. The number of halogens is 1. The Balaban J connectivity index is 2.03. The van der Waals surface area contributed by atoms with Gasteiger partial charge in [0.25, 0.3) is 0 Å². The minimum absolute atomic E-state index is 0.00649. The van der Waals surface area contributed by atoms with Crippen LogP contribution in [0.2, 0.25) is 5.02 Å². The molecule has 2 N–H and O–H groups in total. The van der Waals surface area contributed by atoms with Gasteiger partial charge in [-0.3, -0.25) is 4.90 Å². The molecule has 2 rings (SSSR count). The van der Waals surface area contributed by atoms with E-state index in [9.17, 15) is 0 Å². The smallest absolute Gasteiger partial charge is 0.0595 e. The number of hydrogen-bond acceptors (Lipinski definition) is 3. The Hall–Kier alpha value is -0.610. The molecule has 0 spiro atoms. The third kappa shape index (κ3) is 3.73. The number of piperidine rings is 1. The summed E-state index contributed by atoms with van der Waals surface area (Å²) in [5.41, 5.74) is 7.38. The molecule has 0 aliphatic carbocycles. The lowest BCUT2D eigenvalue weighted by Crippen LogP contribution is -2.56. The first-order chi connectivity index (χ1) is 9.57. The lowest BCUT2D eigenvalue weighted by molar-refractivity contribution is 0.00362. The highest BCUT2D eigenvalue weighted by Gasteiger charge is 2.33. The third-order valence-electron chi connectivity index (χ3n) is 4.48. The van der Waals surface area contributed by atoms with Crippen molar-refractivity contribution in [3.05, 3.63) is 34.9 Å². The predicted octanol–water partition coefficient (Wildman–Crippen LogP) is 2.71. The zero-order chi connectivity index (χ0) is 14.6. The number of hydrogen-bond donors (Lipinski definition) is 1. The van der Waals surface area contributed by atoms with E-state index < -0.39 is 0 Å². The maximum absolute atomic E-state index is 6.08. The van der Waals surface area contributed by atoms with Crippen LogP contribution in [0, 0.1) is 0 Å². The van der Waals surface area contributed by atoms with Crippen LogP contribution in [0.25, 0.3) is 0 Å². The summed E-state index contributed by atoms with van der Waals surface area (Å²) < 4.78 is 5.44. The zero-order valence-electron chi connectivity index (χ0n) is 12.4. The van der Waals surface area contributed by atoms with Gasteiger partial charge < -0.3 is 10.5 Å². The summed E-state index contributed by atoms with van der Waals surface area (Å²) in [5.74, 6) is 0. The van der Waals surface area contributed by atoms with E-state index in [0.717, 1.165) is 37.4 Å². The number of methoxy groups -OCH3 is 1. The highest BCUT2D eigenvalue weighted by molar-refractivity contribution is 6.30. The molecule has 0 aromatic heterocycles. The van der Waals surface area contributed by atoms with Crippen molar-refractivity contribution < 1.29 is 4.74 Å². The molecule has 1 fully saturated rings. The molecule has 1 saturated heterocycles. The number of benzene rings is 1. The second-order valence-electron chi connectivity index (χ2n) is 5.93. The molecule has 1 atom stereocenters. The van der Waals surface area contributed by atoms with Gasteiger partial charge in [0.1, 0.15) is 0 Å². The van der Waals surface area contributed by atoms with Crippen LogP contribution in [0.15, 0.2) is 24.3 Å². The summed E-state index contributed by atoms with van der Waals surface area (Å²) in [6, 6.07) is 8.09. The summed E-state index contributed by atoms with van der Waals surface area (Å²) in [5, 5.41) is 0.782. The van der Waals surface area contributed by atoms with Gasteiger partial charge in [-0.25, -0.2) is 0 Å². The molecular formula is C16H25ClN2O. The summed E-state index contributed by atoms with van der Waals surface area (Å²) >= 11 is 5.95. The zero-order valence-corrected chi connectivity index (χ0v) is 13.2. The Morgan fingerprint density at radius 3 is 2.40 bits per heavy atom. The molecule has 0 saturated carbocycles. The predicted molar refractivity (Wildman–Crippen MR) is 84.2 cm³/mol. The molecule has 1 aliphatic heterocycles. The van der Waals surface area contributed by atoms with Crippen molar-refractivity contribution >= 4 is 11.6 Å². The molecule has 112 valence electrons. The molecule has 0 bridgehead atoms. The molecule has 4 heteroatoms. The summed E-state index contributed by atoms with van der Waals surface area (Å²) in [4.78, 5) is 2.51. The van der Waals surface area contributed by atoms with E-state index in [1.165, 1.54) is 5.56 Å². The third-order valence-corrected chi connectivity index (χ3v) is 4.73. The van der Waals surface area contributed by atoms with E-state index in [2.05, 4.69) is 24.0 Å². The Morgan fingerprint density at radius 2 is 1.90 bits per heavy atom. The van der Waals surface area contributed by atoms with Gasteiger partial charge in [0.15, 0.2) is 0 Å². The number of rotatable bonds is 5. The second-order valence-corrected chi connectivity index (χ2v) is 6.36. The van der Waals surface area contributed by atoms with E-state index in [1.807, 2.05) is 12.1 Å². The fourth-order valence-corrected chi connectivity index (χ4v) is 3.11. The maximum Gasteiger partial charge on any atom is 0.0595 e. The van der Waals surface area contributed by atoms with Crippen LogP contribution in [0.5, 0.6) is 0 Å². The lowest BCUT2D eigenvalue weighted by atomic mass is 9.88. The summed E-state index contributed by atoms with van der Waals surface area (Å²) in [6.45, 7) is 5.03.